The minimum Gasteiger partial charge on any atom is -0.399 e. The van der Waals surface area contributed by atoms with Crippen LogP contribution < -0.4 is 5.73 Å². The maximum atomic E-state index is 5.78. The summed E-state index contributed by atoms with van der Waals surface area (Å²) in [4.78, 5) is 9.03. The van der Waals surface area contributed by atoms with Crippen LogP contribution in [0.1, 0.15) is 24.7 Å². The van der Waals surface area contributed by atoms with Gasteiger partial charge < -0.3 is 5.73 Å². The van der Waals surface area contributed by atoms with Crippen molar-refractivity contribution in [3.63, 3.8) is 0 Å². The zero-order chi connectivity index (χ0) is 12.3. The van der Waals surface area contributed by atoms with E-state index in [0.717, 1.165) is 41.3 Å². The number of aryl methyl sites for hydroxylation is 2. The highest BCUT2D eigenvalue weighted by atomic mass is 14.9. The quantitative estimate of drug-likeness (QED) is 0.820. The van der Waals surface area contributed by atoms with E-state index >= 15 is 0 Å². The summed E-state index contributed by atoms with van der Waals surface area (Å²) in [6.07, 6.45) is 2.07. The first kappa shape index (κ1) is 11.6. The zero-order valence-electron chi connectivity index (χ0n) is 10.3. The number of hydrogen-bond acceptors (Lipinski definition) is 3. The average molecular weight is 227 g/mol. The molecule has 0 unspecified atom stereocenters. The zero-order valence-corrected chi connectivity index (χ0v) is 10.3. The first-order valence-electron chi connectivity index (χ1n) is 5.89. The molecule has 0 spiro atoms. The van der Waals surface area contributed by atoms with Gasteiger partial charge in [-0.3, -0.25) is 0 Å². The van der Waals surface area contributed by atoms with Gasteiger partial charge in [-0.05, 0) is 31.5 Å². The van der Waals surface area contributed by atoms with Gasteiger partial charge in [-0.2, -0.15) is 0 Å². The number of hydrogen-bond donors (Lipinski definition) is 1. The topological polar surface area (TPSA) is 51.8 Å². The number of nitrogen functional groups attached to an aromatic ring is 1. The van der Waals surface area contributed by atoms with Crippen LogP contribution in [0.15, 0.2) is 30.3 Å². The van der Waals surface area contributed by atoms with Crippen LogP contribution in [-0.2, 0) is 6.42 Å². The summed E-state index contributed by atoms with van der Waals surface area (Å²) < 4.78 is 0. The molecule has 2 N–H and O–H groups in total. The molecule has 88 valence electrons. The van der Waals surface area contributed by atoms with Gasteiger partial charge in [-0.15, -0.1) is 0 Å². The molecule has 2 rings (SSSR count). The number of nitrogens with two attached hydrogens (primary N) is 1. The number of benzene rings is 1. The second-order valence-electron chi connectivity index (χ2n) is 4.20. The summed E-state index contributed by atoms with van der Waals surface area (Å²) in [5.41, 5.74) is 9.59. The SMILES string of the molecule is CCCc1cc(C)nc(-c2cccc(N)c2)n1. The lowest BCUT2D eigenvalue weighted by molar-refractivity contribution is 0.869. The fourth-order valence-corrected chi connectivity index (χ4v) is 1.82. The van der Waals surface area contributed by atoms with Crippen LogP contribution in [-0.4, -0.2) is 9.97 Å². The number of anilines is 1. The molecule has 0 fully saturated rings. The van der Waals surface area contributed by atoms with Crippen molar-refractivity contribution >= 4 is 5.69 Å². The first-order chi connectivity index (χ1) is 8.19. The Balaban J connectivity index is 2.44. The molecule has 1 aromatic carbocycles. The largest absolute Gasteiger partial charge is 0.399 e. The van der Waals surface area contributed by atoms with E-state index in [9.17, 15) is 0 Å². The molecule has 17 heavy (non-hydrogen) atoms. The van der Waals surface area contributed by atoms with Gasteiger partial charge in [0, 0.05) is 22.6 Å². The van der Waals surface area contributed by atoms with Crippen molar-refractivity contribution in [3.8, 4) is 11.4 Å². The van der Waals surface area contributed by atoms with Gasteiger partial charge in [0.15, 0.2) is 5.82 Å². The summed E-state index contributed by atoms with van der Waals surface area (Å²) in [5.74, 6) is 0.765. The minimum atomic E-state index is 0.740. The molecule has 0 saturated heterocycles. The number of nitrogens with zero attached hydrogens (tertiary/aromatic N) is 2. The average Bonchev–Trinajstić information content (AvgIpc) is 2.28. The van der Waals surface area contributed by atoms with Crippen molar-refractivity contribution in [2.45, 2.75) is 26.7 Å². The highest BCUT2D eigenvalue weighted by Gasteiger charge is 2.04. The predicted molar refractivity (Wildman–Crippen MR) is 70.6 cm³/mol. The van der Waals surface area contributed by atoms with Crippen LogP contribution in [0.2, 0.25) is 0 Å². The molecule has 0 aliphatic rings. The maximum absolute atomic E-state index is 5.78. The van der Waals surface area contributed by atoms with Crippen molar-refractivity contribution in [2.24, 2.45) is 0 Å². The molecule has 2 aromatic rings. The number of aromatic nitrogens is 2. The van der Waals surface area contributed by atoms with Gasteiger partial charge in [-0.25, -0.2) is 9.97 Å². The van der Waals surface area contributed by atoms with E-state index in [4.69, 9.17) is 5.73 Å². The Bertz CT molecular complexity index is 521. The Morgan fingerprint density at radius 1 is 1.18 bits per heavy atom. The van der Waals surface area contributed by atoms with Crippen LogP contribution in [0.3, 0.4) is 0 Å². The first-order valence-corrected chi connectivity index (χ1v) is 5.89. The smallest absolute Gasteiger partial charge is 0.159 e. The van der Waals surface area contributed by atoms with Crippen molar-refractivity contribution in [1.29, 1.82) is 0 Å². The lowest BCUT2D eigenvalue weighted by Crippen LogP contribution is -1.98. The second kappa shape index (κ2) is 4.95. The van der Waals surface area contributed by atoms with Gasteiger partial charge in [-0.1, -0.05) is 25.5 Å². The van der Waals surface area contributed by atoms with Crippen LogP contribution in [0, 0.1) is 6.92 Å². The highest BCUT2D eigenvalue weighted by Crippen LogP contribution is 2.18. The normalized spacial score (nSPS) is 10.5. The Morgan fingerprint density at radius 3 is 2.71 bits per heavy atom. The lowest BCUT2D eigenvalue weighted by atomic mass is 10.1. The molecule has 3 heteroatoms. The van der Waals surface area contributed by atoms with Gasteiger partial charge in [0.25, 0.3) is 0 Å². The van der Waals surface area contributed by atoms with Crippen molar-refractivity contribution in [2.75, 3.05) is 5.73 Å². The van der Waals surface area contributed by atoms with Crippen LogP contribution in [0.5, 0.6) is 0 Å². The van der Waals surface area contributed by atoms with Gasteiger partial charge >= 0.3 is 0 Å². The summed E-state index contributed by atoms with van der Waals surface area (Å²) in [7, 11) is 0. The molecule has 3 nitrogen and oxygen atoms in total. The molecule has 0 bridgehead atoms. The van der Waals surface area contributed by atoms with E-state index in [1.54, 1.807) is 0 Å². The molecule has 0 saturated carbocycles. The summed E-state index contributed by atoms with van der Waals surface area (Å²) in [5, 5.41) is 0. The molecule has 0 aliphatic carbocycles. The van der Waals surface area contributed by atoms with Crippen LogP contribution >= 0.6 is 0 Å². The molecular formula is C14H17N3. The summed E-state index contributed by atoms with van der Waals surface area (Å²) in [6, 6.07) is 9.73. The van der Waals surface area contributed by atoms with Crippen molar-refractivity contribution < 1.29 is 0 Å². The summed E-state index contributed by atoms with van der Waals surface area (Å²) >= 11 is 0. The third kappa shape index (κ3) is 2.81. The molecule has 0 aliphatic heterocycles. The second-order valence-corrected chi connectivity index (χ2v) is 4.20. The van der Waals surface area contributed by atoms with E-state index in [1.807, 2.05) is 37.3 Å². The van der Waals surface area contributed by atoms with Crippen molar-refractivity contribution in [3.05, 3.63) is 41.7 Å². The number of rotatable bonds is 3. The molecule has 0 atom stereocenters. The van der Waals surface area contributed by atoms with Crippen LogP contribution in [0.4, 0.5) is 5.69 Å². The van der Waals surface area contributed by atoms with E-state index in [0.29, 0.717) is 0 Å². The Kier molecular flexibility index (Phi) is 3.38. The molecule has 1 heterocycles. The molecular weight excluding hydrogens is 210 g/mol. The third-order valence-corrected chi connectivity index (χ3v) is 2.56. The molecule has 0 radical (unpaired) electrons. The van der Waals surface area contributed by atoms with Gasteiger partial charge in [0.1, 0.15) is 0 Å². The Morgan fingerprint density at radius 2 is 2.00 bits per heavy atom. The van der Waals surface area contributed by atoms with Crippen LogP contribution in [0.25, 0.3) is 11.4 Å². The van der Waals surface area contributed by atoms with Gasteiger partial charge in [0.05, 0.1) is 0 Å². The fourth-order valence-electron chi connectivity index (χ4n) is 1.82. The van der Waals surface area contributed by atoms with E-state index in [-0.39, 0.29) is 0 Å². The lowest BCUT2D eigenvalue weighted by Gasteiger charge is -2.06. The Labute approximate surface area is 102 Å². The van der Waals surface area contributed by atoms with Crippen molar-refractivity contribution in [1.82, 2.24) is 9.97 Å². The van der Waals surface area contributed by atoms with Gasteiger partial charge in [0.2, 0.25) is 0 Å². The minimum absolute atomic E-state index is 0.740. The van der Waals surface area contributed by atoms with E-state index < -0.39 is 0 Å². The standard InChI is InChI=1S/C14H17N3/c1-3-5-13-8-10(2)16-14(17-13)11-6-4-7-12(15)9-11/h4,6-9H,3,5,15H2,1-2H3. The Hall–Kier alpha value is -1.90. The third-order valence-electron chi connectivity index (χ3n) is 2.56. The maximum Gasteiger partial charge on any atom is 0.159 e. The van der Waals surface area contributed by atoms with E-state index in [2.05, 4.69) is 16.9 Å². The van der Waals surface area contributed by atoms with E-state index in [1.165, 1.54) is 0 Å². The molecule has 1 aromatic heterocycles. The highest BCUT2D eigenvalue weighted by molar-refractivity contribution is 5.61. The summed E-state index contributed by atoms with van der Waals surface area (Å²) in [6.45, 7) is 4.15. The molecule has 0 amide bonds. The predicted octanol–water partition coefficient (Wildman–Crippen LogP) is 2.99. The fraction of sp³-hybridized carbons (Fsp3) is 0.286. The monoisotopic (exact) mass is 227 g/mol.